The van der Waals surface area contributed by atoms with Gasteiger partial charge in [-0.3, -0.25) is 4.79 Å². The van der Waals surface area contributed by atoms with Crippen LogP contribution in [0.4, 0.5) is 0 Å². The first-order chi connectivity index (χ1) is 9.71. The summed E-state index contributed by atoms with van der Waals surface area (Å²) in [6.07, 6.45) is 0.752. The first-order valence-corrected chi connectivity index (χ1v) is 9.00. The molecule has 0 radical (unpaired) electrons. The largest absolute Gasteiger partial charge is 0.379 e. The van der Waals surface area contributed by atoms with E-state index in [9.17, 15) is 13.2 Å². The minimum Gasteiger partial charge on any atom is -0.379 e. The average molecular weight is 352 g/mol. The van der Waals surface area contributed by atoms with Crippen LogP contribution in [0.5, 0.6) is 0 Å². The van der Waals surface area contributed by atoms with Gasteiger partial charge in [0.15, 0.2) is 0 Å². The van der Waals surface area contributed by atoms with Crippen LogP contribution in [0.15, 0.2) is 17.0 Å². The summed E-state index contributed by atoms with van der Waals surface area (Å²) in [4.78, 5) is 13.9. The van der Waals surface area contributed by atoms with E-state index in [0.717, 1.165) is 6.42 Å². The third-order valence-corrected chi connectivity index (χ3v) is 5.33. The standard InChI is InChI=1S/C13H15Cl2NO4S/c1-8-11(5-10(6-12(8)14)21(15,18)19)13(17)16(2)9-3-4-20-7-9/h5-6,9H,3-4,7H2,1-2H3. The third kappa shape index (κ3) is 3.51. The van der Waals surface area contributed by atoms with Crippen LogP contribution in [0.1, 0.15) is 22.3 Å². The van der Waals surface area contributed by atoms with Crippen LogP contribution < -0.4 is 0 Å². The monoisotopic (exact) mass is 351 g/mol. The minimum atomic E-state index is -3.95. The first-order valence-electron chi connectivity index (χ1n) is 6.31. The number of halogens is 2. The number of carbonyl (C=O) groups is 1. The summed E-state index contributed by atoms with van der Waals surface area (Å²) >= 11 is 6.01. The van der Waals surface area contributed by atoms with Crippen molar-refractivity contribution in [3.05, 3.63) is 28.3 Å². The molecule has 116 valence electrons. The molecule has 5 nitrogen and oxygen atoms in total. The van der Waals surface area contributed by atoms with Gasteiger partial charge >= 0.3 is 0 Å². The molecule has 0 saturated carbocycles. The summed E-state index contributed by atoms with van der Waals surface area (Å²) in [5, 5.41) is 0.191. The van der Waals surface area contributed by atoms with Gasteiger partial charge in [0.05, 0.1) is 17.5 Å². The van der Waals surface area contributed by atoms with E-state index in [1.54, 1.807) is 18.9 Å². The number of likely N-dealkylation sites (N-methyl/N-ethyl adjacent to an activating group) is 1. The number of ether oxygens (including phenoxy) is 1. The number of nitrogens with zero attached hydrogens (tertiary/aromatic N) is 1. The molecule has 0 spiro atoms. The molecule has 1 amide bonds. The number of hydrogen-bond acceptors (Lipinski definition) is 4. The molecule has 0 aromatic heterocycles. The van der Waals surface area contributed by atoms with Gasteiger partial charge in [0.1, 0.15) is 0 Å². The van der Waals surface area contributed by atoms with Crippen molar-refractivity contribution in [3.63, 3.8) is 0 Å². The van der Waals surface area contributed by atoms with Crippen molar-refractivity contribution in [1.82, 2.24) is 4.90 Å². The molecule has 0 N–H and O–H groups in total. The van der Waals surface area contributed by atoms with Crippen LogP contribution in [0.2, 0.25) is 5.02 Å². The molecule has 1 unspecified atom stereocenters. The lowest BCUT2D eigenvalue weighted by Crippen LogP contribution is -2.37. The van der Waals surface area contributed by atoms with Gasteiger partial charge in [0.2, 0.25) is 0 Å². The van der Waals surface area contributed by atoms with Crippen LogP contribution >= 0.6 is 22.3 Å². The number of carbonyl (C=O) groups excluding carboxylic acids is 1. The second-order valence-electron chi connectivity index (χ2n) is 4.95. The van der Waals surface area contributed by atoms with Crippen molar-refractivity contribution in [3.8, 4) is 0 Å². The summed E-state index contributed by atoms with van der Waals surface area (Å²) in [6.45, 7) is 2.75. The van der Waals surface area contributed by atoms with Gasteiger partial charge in [-0.05, 0) is 31.0 Å². The normalized spacial score (nSPS) is 18.8. The Morgan fingerprint density at radius 3 is 2.62 bits per heavy atom. The molecule has 1 aromatic carbocycles. The maximum absolute atomic E-state index is 12.6. The fourth-order valence-electron chi connectivity index (χ4n) is 2.20. The molecule has 1 aromatic rings. The first kappa shape index (κ1) is 16.5. The summed E-state index contributed by atoms with van der Waals surface area (Å²) in [5.74, 6) is -0.299. The van der Waals surface area contributed by atoms with Crippen LogP contribution in [-0.4, -0.2) is 45.5 Å². The van der Waals surface area contributed by atoms with E-state index in [4.69, 9.17) is 27.0 Å². The average Bonchev–Trinajstić information content (AvgIpc) is 2.92. The molecule has 1 fully saturated rings. The fraction of sp³-hybridized carbons (Fsp3) is 0.462. The molecule has 1 aliphatic rings. The maximum Gasteiger partial charge on any atom is 0.261 e. The predicted octanol–water partition coefficient (Wildman–Crippen LogP) is 2.44. The SMILES string of the molecule is Cc1c(Cl)cc(S(=O)(=O)Cl)cc1C(=O)N(C)C1CCOC1. The number of rotatable bonds is 3. The van der Waals surface area contributed by atoms with E-state index in [-0.39, 0.29) is 27.4 Å². The number of amides is 1. The number of benzene rings is 1. The van der Waals surface area contributed by atoms with Gasteiger partial charge in [-0.15, -0.1) is 0 Å². The van der Waals surface area contributed by atoms with Crippen molar-refractivity contribution >= 4 is 37.2 Å². The lowest BCUT2D eigenvalue weighted by Gasteiger charge is -2.24. The summed E-state index contributed by atoms with van der Waals surface area (Å²) in [5.41, 5.74) is 0.757. The van der Waals surface area contributed by atoms with Gasteiger partial charge in [0.25, 0.3) is 15.0 Å². The molecular weight excluding hydrogens is 337 g/mol. The van der Waals surface area contributed by atoms with Crippen molar-refractivity contribution in [2.75, 3.05) is 20.3 Å². The maximum atomic E-state index is 12.6. The quantitative estimate of drug-likeness (QED) is 0.784. The van der Waals surface area contributed by atoms with Crippen molar-refractivity contribution in [2.24, 2.45) is 0 Å². The fourth-order valence-corrected chi connectivity index (χ4v) is 3.27. The third-order valence-electron chi connectivity index (χ3n) is 3.60. The van der Waals surface area contributed by atoms with Gasteiger partial charge in [-0.1, -0.05) is 11.6 Å². The molecule has 0 aliphatic carbocycles. The molecule has 1 heterocycles. The molecule has 8 heteroatoms. The highest BCUT2D eigenvalue weighted by Gasteiger charge is 2.27. The Kier molecular flexibility index (Phi) is 4.82. The summed E-state index contributed by atoms with van der Waals surface area (Å²) < 4.78 is 28.2. The second kappa shape index (κ2) is 6.12. The van der Waals surface area contributed by atoms with Gasteiger partial charge in [-0.25, -0.2) is 8.42 Å². The van der Waals surface area contributed by atoms with Crippen LogP contribution in [-0.2, 0) is 13.8 Å². The van der Waals surface area contributed by atoms with E-state index in [0.29, 0.717) is 18.8 Å². The molecule has 1 aliphatic heterocycles. The van der Waals surface area contributed by atoms with Gasteiger partial charge in [-0.2, -0.15) is 0 Å². The molecule has 2 rings (SSSR count). The topological polar surface area (TPSA) is 63.7 Å². The Labute approximate surface area is 133 Å². The highest BCUT2D eigenvalue weighted by atomic mass is 35.7. The molecule has 1 saturated heterocycles. The number of hydrogen-bond donors (Lipinski definition) is 0. The molecule has 0 bridgehead atoms. The highest BCUT2D eigenvalue weighted by molar-refractivity contribution is 8.13. The molecular formula is C13H15Cl2NO4S. The minimum absolute atomic E-state index is 0.0214. The Hall–Kier alpha value is -0.820. The Morgan fingerprint density at radius 1 is 1.43 bits per heavy atom. The van der Waals surface area contributed by atoms with Gasteiger partial charge in [0, 0.05) is 34.9 Å². The highest BCUT2D eigenvalue weighted by Crippen LogP contribution is 2.28. The summed E-state index contributed by atoms with van der Waals surface area (Å²) in [6, 6.07) is 2.49. The Balaban J connectivity index is 2.42. The van der Waals surface area contributed by atoms with Crippen molar-refractivity contribution < 1.29 is 17.9 Å². The molecule has 21 heavy (non-hydrogen) atoms. The zero-order valence-electron chi connectivity index (χ0n) is 11.6. The zero-order chi connectivity index (χ0) is 15.8. The zero-order valence-corrected chi connectivity index (χ0v) is 13.9. The molecule has 1 atom stereocenters. The Bertz CT molecular complexity index is 669. The van der Waals surface area contributed by atoms with E-state index in [1.807, 2.05) is 0 Å². The van der Waals surface area contributed by atoms with Gasteiger partial charge < -0.3 is 9.64 Å². The van der Waals surface area contributed by atoms with Crippen LogP contribution in [0.3, 0.4) is 0 Å². The Morgan fingerprint density at radius 2 is 2.10 bits per heavy atom. The van der Waals surface area contributed by atoms with E-state index in [2.05, 4.69) is 0 Å². The van der Waals surface area contributed by atoms with E-state index < -0.39 is 9.05 Å². The smallest absolute Gasteiger partial charge is 0.261 e. The summed E-state index contributed by atoms with van der Waals surface area (Å²) in [7, 11) is 3.05. The van der Waals surface area contributed by atoms with Crippen molar-refractivity contribution in [1.29, 1.82) is 0 Å². The van der Waals surface area contributed by atoms with Crippen molar-refractivity contribution in [2.45, 2.75) is 24.3 Å². The van der Waals surface area contributed by atoms with Crippen LogP contribution in [0, 0.1) is 6.92 Å². The lowest BCUT2D eigenvalue weighted by atomic mass is 10.1. The van der Waals surface area contributed by atoms with Crippen LogP contribution in [0.25, 0.3) is 0 Å². The predicted molar refractivity (Wildman–Crippen MR) is 80.5 cm³/mol. The second-order valence-corrected chi connectivity index (χ2v) is 7.92. The lowest BCUT2D eigenvalue weighted by molar-refractivity contribution is 0.0710. The van der Waals surface area contributed by atoms with E-state index in [1.165, 1.54) is 12.1 Å². The van der Waals surface area contributed by atoms with E-state index >= 15 is 0 Å².